The van der Waals surface area contributed by atoms with Gasteiger partial charge in [0.25, 0.3) is 0 Å². The summed E-state index contributed by atoms with van der Waals surface area (Å²) >= 11 is 17.5. The summed E-state index contributed by atoms with van der Waals surface area (Å²) in [5.41, 5.74) is -0.365. The van der Waals surface area contributed by atoms with E-state index >= 15 is 0 Å². The van der Waals surface area contributed by atoms with E-state index in [1.54, 1.807) is 6.92 Å². The molecule has 1 unspecified atom stereocenters. The van der Waals surface area contributed by atoms with Crippen molar-refractivity contribution in [2.45, 2.75) is 56.3 Å². The molecule has 3 fully saturated rings. The largest absolute Gasteiger partial charge is 0.274 e. The van der Waals surface area contributed by atoms with Crippen molar-refractivity contribution in [2.24, 2.45) is 22.7 Å². The molecule has 4 atom stereocenters. The second-order valence-electron chi connectivity index (χ2n) is 7.96. The molecule has 0 N–H and O–H groups in total. The number of sulfonamides is 1. The Morgan fingerprint density at radius 1 is 1.35 bits per heavy atom. The van der Waals surface area contributed by atoms with Gasteiger partial charge < -0.3 is 0 Å². The molecule has 0 aromatic carbocycles. The zero-order chi connectivity index (χ0) is 17.4. The average molecular weight is 403 g/mol. The predicted molar refractivity (Wildman–Crippen MR) is 92.0 cm³/mol. The van der Waals surface area contributed by atoms with Crippen molar-refractivity contribution < 1.29 is 13.2 Å². The second-order valence-corrected chi connectivity index (χ2v) is 12.2. The maximum Gasteiger partial charge on any atom is 0.238 e. The highest BCUT2D eigenvalue weighted by atomic mass is 35.6. The second kappa shape index (κ2) is 5.15. The average Bonchev–Trinajstić information content (AvgIpc) is 2.83. The van der Waals surface area contributed by atoms with Gasteiger partial charge in [-0.1, -0.05) is 55.6 Å². The van der Waals surface area contributed by atoms with E-state index in [0.29, 0.717) is 5.92 Å². The van der Waals surface area contributed by atoms with Crippen LogP contribution in [-0.4, -0.2) is 34.2 Å². The van der Waals surface area contributed by atoms with Gasteiger partial charge in [0.1, 0.15) is 0 Å². The van der Waals surface area contributed by atoms with Crippen LogP contribution in [0.4, 0.5) is 0 Å². The van der Waals surface area contributed by atoms with Crippen LogP contribution in [0.1, 0.15) is 46.5 Å². The third-order valence-electron chi connectivity index (χ3n) is 6.70. The summed E-state index contributed by atoms with van der Waals surface area (Å²) in [6.07, 6.45) is 2.61. The van der Waals surface area contributed by atoms with Crippen molar-refractivity contribution in [1.29, 1.82) is 0 Å². The maximum absolute atomic E-state index is 12.7. The first-order valence-corrected chi connectivity index (χ1v) is 10.7. The van der Waals surface area contributed by atoms with Crippen molar-refractivity contribution in [3.8, 4) is 0 Å². The summed E-state index contributed by atoms with van der Waals surface area (Å²) in [6.45, 7) is 5.95. The van der Waals surface area contributed by atoms with Gasteiger partial charge in [-0.2, -0.15) is 0 Å². The summed E-state index contributed by atoms with van der Waals surface area (Å²) in [4.78, 5) is 12.7. The van der Waals surface area contributed by atoms with E-state index < -0.39 is 25.6 Å². The van der Waals surface area contributed by atoms with E-state index in [1.807, 2.05) is 0 Å². The Balaban J connectivity index is 1.91. The van der Waals surface area contributed by atoms with Gasteiger partial charge in [-0.15, -0.1) is 0 Å². The fourth-order valence-electron chi connectivity index (χ4n) is 5.08. The molecular weight excluding hydrogens is 381 g/mol. The lowest BCUT2D eigenvalue weighted by Gasteiger charge is -2.37. The number of carbonyl (C=O) groups excluding carboxylic acids is 1. The van der Waals surface area contributed by atoms with Crippen LogP contribution in [0.15, 0.2) is 0 Å². The molecule has 0 aromatic rings. The van der Waals surface area contributed by atoms with E-state index in [1.165, 1.54) is 0 Å². The SMILES string of the molecule is CC(CC(=O)N1[C@@H]2C[C@H]3CC[C@]2(CS1(=O)=O)C3(C)C)C(Cl)(Cl)Cl. The van der Waals surface area contributed by atoms with Crippen LogP contribution in [0.2, 0.25) is 0 Å². The van der Waals surface area contributed by atoms with Crippen molar-refractivity contribution in [1.82, 2.24) is 4.31 Å². The van der Waals surface area contributed by atoms with Crippen LogP contribution in [-0.2, 0) is 14.8 Å². The molecule has 4 nitrogen and oxygen atoms in total. The molecule has 1 saturated heterocycles. The Kier molecular flexibility index (Phi) is 4.05. The highest BCUT2D eigenvalue weighted by molar-refractivity contribution is 7.90. The van der Waals surface area contributed by atoms with E-state index in [-0.39, 0.29) is 29.0 Å². The summed E-state index contributed by atoms with van der Waals surface area (Å²) in [5, 5.41) is 0. The van der Waals surface area contributed by atoms with Crippen LogP contribution in [0.3, 0.4) is 0 Å². The van der Waals surface area contributed by atoms with Gasteiger partial charge in [0.2, 0.25) is 15.9 Å². The van der Waals surface area contributed by atoms with Crippen molar-refractivity contribution in [3.05, 3.63) is 0 Å². The molecule has 1 spiro atoms. The first-order chi connectivity index (χ1) is 10.3. The number of halogens is 3. The first kappa shape index (κ1) is 18.1. The Labute approximate surface area is 152 Å². The van der Waals surface area contributed by atoms with Crippen LogP contribution in [0.5, 0.6) is 0 Å². The summed E-state index contributed by atoms with van der Waals surface area (Å²) in [5.74, 6) is -0.432. The van der Waals surface area contributed by atoms with Crippen molar-refractivity contribution >= 4 is 50.7 Å². The van der Waals surface area contributed by atoms with Crippen molar-refractivity contribution in [2.75, 3.05) is 5.75 Å². The Morgan fingerprint density at radius 2 is 1.96 bits per heavy atom. The molecule has 3 aliphatic rings. The number of alkyl halides is 3. The highest BCUT2D eigenvalue weighted by Crippen LogP contribution is 2.70. The molecule has 23 heavy (non-hydrogen) atoms. The molecule has 0 aromatic heterocycles. The number of amides is 1. The van der Waals surface area contributed by atoms with Gasteiger partial charge >= 0.3 is 0 Å². The molecular formula is C15H22Cl3NO3S. The Bertz CT molecular complexity index is 643. The topological polar surface area (TPSA) is 54.5 Å². The number of hydrogen-bond acceptors (Lipinski definition) is 3. The van der Waals surface area contributed by atoms with Crippen LogP contribution >= 0.6 is 34.8 Å². The molecule has 2 bridgehead atoms. The molecule has 2 aliphatic carbocycles. The number of hydrogen-bond donors (Lipinski definition) is 0. The van der Waals surface area contributed by atoms with Crippen LogP contribution in [0, 0.1) is 22.7 Å². The summed E-state index contributed by atoms with van der Waals surface area (Å²) in [7, 11) is -3.60. The first-order valence-electron chi connectivity index (χ1n) is 7.94. The summed E-state index contributed by atoms with van der Waals surface area (Å²) in [6, 6.07) is -0.226. The van der Waals surface area contributed by atoms with Gasteiger partial charge in [0, 0.05) is 17.8 Å². The third kappa shape index (κ3) is 2.44. The lowest BCUT2D eigenvalue weighted by molar-refractivity contribution is -0.129. The molecule has 8 heteroatoms. The van der Waals surface area contributed by atoms with Crippen molar-refractivity contribution in [3.63, 3.8) is 0 Å². The number of fused-ring (bicyclic) bond motifs is 1. The fourth-order valence-corrected chi connectivity index (χ4v) is 7.88. The van der Waals surface area contributed by atoms with E-state index in [0.717, 1.165) is 23.6 Å². The predicted octanol–water partition coefficient (Wildman–Crippen LogP) is 3.75. The summed E-state index contributed by atoms with van der Waals surface area (Å²) < 4.78 is 25.0. The number of carbonyl (C=O) groups is 1. The van der Waals surface area contributed by atoms with Gasteiger partial charge in [0.15, 0.2) is 3.79 Å². The van der Waals surface area contributed by atoms with E-state index in [9.17, 15) is 13.2 Å². The standard InChI is InChI=1S/C15H22Cl3NO3S/c1-9(15(16,17)18)6-12(20)19-11-7-10-4-5-14(11,13(10,2)3)8-23(19,21)22/h9-11H,4-8H2,1-3H3/t9?,10-,11-,14-/m1/s1. The van der Waals surface area contributed by atoms with E-state index in [2.05, 4.69) is 13.8 Å². The monoisotopic (exact) mass is 401 g/mol. The smallest absolute Gasteiger partial charge is 0.238 e. The van der Waals surface area contributed by atoms with Crippen LogP contribution in [0.25, 0.3) is 0 Å². The Morgan fingerprint density at radius 3 is 2.48 bits per heavy atom. The van der Waals surface area contributed by atoms with Gasteiger partial charge in [-0.05, 0) is 30.6 Å². The minimum Gasteiger partial charge on any atom is -0.274 e. The maximum atomic E-state index is 12.7. The number of rotatable bonds is 2. The minimum absolute atomic E-state index is 0.0550. The van der Waals surface area contributed by atoms with Gasteiger partial charge in [-0.3, -0.25) is 4.79 Å². The quantitative estimate of drug-likeness (QED) is 0.661. The number of nitrogens with zero attached hydrogens (tertiary/aromatic N) is 1. The molecule has 0 radical (unpaired) electrons. The highest BCUT2D eigenvalue weighted by Gasteiger charge is 2.72. The molecule has 1 amide bonds. The normalized spacial score (nSPS) is 38.6. The lowest BCUT2D eigenvalue weighted by Crippen LogP contribution is -2.45. The molecule has 2 saturated carbocycles. The zero-order valence-electron chi connectivity index (χ0n) is 13.5. The molecule has 1 aliphatic heterocycles. The molecule has 132 valence electrons. The Hall–Kier alpha value is 0.290. The molecule has 3 rings (SSSR count). The van der Waals surface area contributed by atoms with Gasteiger partial charge in [-0.25, -0.2) is 12.7 Å². The fraction of sp³-hybridized carbons (Fsp3) is 0.933. The van der Waals surface area contributed by atoms with E-state index in [4.69, 9.17) is 34.8 Å². The minimum atomic E-state index is -3.60. The van der Waals surface area contributed by atoms with Crippen LogP contribution < -0.4 is 0 Å². The zero-order valence-corrected chi connectivity index (χ0v) is 16.6. The molecule has 1 heterocycles. The lowest BCUT2D eigenvalue weighted by atomic mass is 9.69. The third-order valence-corrected chi connectivity index (χ3v) is 9.75. The van der Waals surface area contributed by atoms with Gasteiger partial charge in [0.05, 0.1) is 11.8 Å².